The predicted molar refractivity (Wildman–Crippen MR) is 119 cm³/mol. The molecular weight excluding hydrogens is 431 g/mol. The average Bonchev–Trinajstić information content (AvgIpc) is 2.72. The Kier molecular flexibility index (Phi) is 7.61. The van der Waals surface area contributed by atoms with Gasteiger partial charge in [0, 0.05) is 16.3 Å². The molecule has 0 amide bonds. The van der Waals surface area contributed by atoms with E-state index in [1.165, 1.54) is 23.9 Å². The number of para-hydroxylation sites is 1. The van der Waals surface area contributed by atoms with E-state index in [-0.39, 0.29) is 12.4 Å². The van der Waals surface area contributed by atoms with Crippen molar-refractivity contribution in [2.45, 2.75) is 35.2 Å². The van der Waals surface area contributed by atoms with Crippen LogP contribution in [0.3, 0.4) is 0 Å². The van der Waals surface area contributed by atoms with Crippen LogP contribution in [0.15, 0.2) is 52.3 Å². The van der Waals surface area contributed by atoms with E-state index in [9.17, 15) is 13.2 Å². The van der Waals surface area contributed by atoms with E-state index in [4.69, 9.17) is 5.73 Å². The van der Waals surface area contributed by atoms with Crippen LogP contribution in [0.1, 0.15) is 24.8 Å². The summed E-state index contributed by atoms with van der Waals surface area (Å²) in [7, 11) is 0. The third-order valence-corrected chi connectivity index (χ3v) is 7.11. The number of fused-ring (bicyclic) bond motifs is 2. The van der Waals surface area contributed by atoms with Crippen molar-refractivity contribution in [2.24, 2.45) is 17.6 Å². The van der Waals surface area contributed by atoms with Crippen LogP contribution in [0.4, 0.5) is 24.5 Å². The van der Waals surface area contributed by atoms with Gasteiger partial charge in [-0.25, -0.2) is 0 Å². The second-order valence-corrected chi connectivity index (χ2v) is 8.88. The number of benzene rings is 2. The van der Waals surface area contributed by atoms with Crippen molar-refractivity contribution in [1.82, 2.24) is 5.32 Å². The Morgan fingerprint density at radius 1 is 1.07 bits per heavy atom. The Hall–Kier alpha value is -1.41. The molecule has 4 rings (SSSR count). The number of alkyl halides is 3. The molecule has 3 nitrogen and oxygen atoms in total. The Morgan fingerprint density at radius 2 is 1.83 bits per heavy atom. The largest absolute Gasteiger partial charge is 0.416 e. The molecule has 2 aliphatic heterocycles. The predicted octanol–water partition coefficient (Wildman–Crippen LogP) is 5.69. The third kappa shape index (κ3) is 4.90. The van der Waals surface area contributed by atoms with E-state index in [1.54, 1.807) is 6.07 Å². The van der Waals surface area contributed by atoms with E-state index in [1.807, 2.05) is 24.3 Å². The molecule has 8 heteroatoms. The minimum Gasteiger partial charge on any atom is -0.340 e. The topological polar surface area (TPSA) is 41.3 Å². The maximum absolute atomic E-state index is 13.3. The summed E-state index contributed by atoms with van der Waals surface area (Å²) in [6.07, 6.45) is -1.31. The number of nitrogens with zero attached hydrogens (tertiary/aromatic N) is 1. The summed E-state index contributed by atoms with van der Waals surface area (Å²) >= 11 is 1.54. The quantitative estimate of drug-likeness (QED) is 0.604. The van der Waals surface area contributed by atoms with Crippen LogP contribution in [0.5, 0.6) is 0 Å². The van der Waals surface area contributed by atoms with Gasteiger partial charge in [0.05, 0.1) is 16.9 Å². The summed E-state index contributed by atoms with van der Waals surface area (Å²) in [5.74, 6) is 1.06. The van der Waals surface area contributed by atoms with E-state index >= 15 is 0 Å². The molecule has 2 heterocycles. The number of anilines is 2. The van der Waals surface area contributed by atoms with Crippen LogP contribution >= 0.6 is 24.2 Å². The van der Waals surface area contributed by atoms with Gasteiger partial charge < -0.3 is 16.0 Å². The summed E-state index contributed by atoms with van der Waals surface area (Å²) in [6.45, 7) is 3.39. The van der Waals surface area contributed by atoms with Crippen molar-refractivity contribution in [3.05, 3.63) is 48.0 Å². The van der Waals surface area contributed by atoms with Gasteiger partial charge in [-0.05, 0) is 81.1 Å². The zero-order valence-corrected chi connectivity index (χ0v) is 18.3. The molecule has 3 N–H and O–H groups in total. The highest BCUT2D eigenvalue weighted by atomic mass is 35.5. The van der Waals surface area contributed by atoms with Crippen LogP contribution in [-0.2, 0) is 6.18 Å². The fourth-order valence-corrected chi connectivity index (χ4v) is 5.46. The van der Waals surface area contributed by atoms with Gasteiger partial charge in [0.25, 0.3) is 0 Å². The van der Waals surface area contributed by atoms with Crippen molar-refractivity contribution < 1.29 is 13.2 Å². The lowest BCUT2D eigenvalue weighted by Gasteiger charge is -2.35. The van der Waals surface area contributed by atoms with Crippen molar-refractivity contribution in [3.8, 4) is 0 Å². The minimum absolute atomic E-state index is 0. The van der Waals surface area contributed by atoms with Crippen molar-refractivity contribution in [1.29, 1.82) is 0 Å². The first-order chi connectivity index (χ1) is 14.0. The second kappa shape index (κ2) is 9.81. The molecule has 164 valence electrons. The number of nitrogens with one attached hydrogen (secondary N) is 1. The summed E-state index contributed by atoms with van der Waals surface area (Å²) in [6, 6.07) is 12.0. The maximum Gasteiger partial charge on any atom is 0.416 e. The smallest absolute Gasteiger partial charge is 0.340 e. The highest BCUT2D eigenvalue weighted by Crippen LogP contribution is 2.49. The van der Waals surface area contributed by atoms with E-state index < -0.39 is 11.7 Å². The number of halogens is 4. The zero-order valence-electron chi connectivity index (χ0n) is 16.6. The summed E-state index contributed by atoms with van der Waals surface area (Å²) in [5.41, 5.74) is 6.99. The molecule has 30 heavy (non-hydrogen) atoms. The molecule has 0 radical (unpaired) electrons. The van der Waals surface area contributed by atoms with E-state index in [2.05, 4.69) is 10.2 Å². The lowest BCUT2D eigenvalue weighted by atomic mass is 9.83. The number of hydrogen-bond donors (Lipinski definition) is 2. The van der Waals surface area contributed by atoms with Crippen molar-refractivity contribution in [2.75, 3.05) is 31.1 Å². The van der Waals surface area contributed by atoms with Crippen LogP contribution in [0.25, 0.3) is 0 Å². The Balaban J connectivity index is 0.00000256. The first-order valence-electron chi connectivity index (χ1n) is 10.1. The van der Waals surface area contributed by atoms with Gasteiger partial charge in [-0.1, -0.05) is 23.9 Å². The van der Waals surface area contributed by atoms with Gasteiger partial charge in [0.15, 0.2) is 0 Å². The molecule has 0 bridgehead atoms. The minimum atomic E-state index is -4.34. The Labute approximate surface area is 186 Å². The van der Waals surface area contributed by atoms with Crippen LogP contribution in [-0.4, -0.2) is 26.2 Å². The highest BCUT2D eigenvalue weighted by Gasteiger charge is 2.33. The summed E-state index contributed by atoms with van der Waals surface area (Å²) in [4.78, 5) is 4.01. The average molecular weight is 458 g/mol. The molecule has 2 aromatic rings. The molecule has 0 spiro atoms. The normalized spacial score (nSPS) is 20.9. The van der Waals surface area contributed by atoms with Crippen molar-refractivity contribution in [3.63, 3.8) is 0 Å². The number of piperidine rings is 1. The zero-order chi connectivity index (χ0) is 20.4. The molecule has 2 aromatic carbocycles. The van der Waals surface area contributed by atoms with Crippen LogP contribution < -0.4 is 16.0 Å². The maximum atomic E-state index is 13.3. The molecular formula is C22H27ClF3N3S. The SMILES string of the molecule is Cl.NCC1CCNCC1CCCN1c2ccccc2Sc2ccc(C(F)(F)F)cc21. The van der Waals surface area contributed by atoms with Gasteiger partial charge in [-0.15, -0.1) is 12.4 Å². The van der Waals surface area contributed by atoms with Crippen molar-refractivity contribution >= 4 is 35.5 Å². The fraction of sp³-hybridized carbons (Fsp3) is 0.455. The first-order valence-corrected chi connectivity index (χ1v) is 11.0. The van der Waals surface area contributed by atoms with Gasteiger partial charge >= 0.3 is 6.18 Å². The molecule has 1 saturated heterocycles. The molecule has 2 aliphatic rings. The fourth-order valence-electron chi connectivity index (χ4n) is 4.38. The van der Waals surface area contributed by atoms with E-state index in [0.717, 1.165) is 47.8 Å². The summed E-state index contributed by atoms with van der Waals surface area (Å²) < 4.78 is 39.9. The third-order valence-electron chi connectivity index (χ3n) is 5.98. The molecule has 1 fully saturated rings. The molecule has 0 saturated carbocycles. The Morgan fingerprint density at radius 3 is 2.60 bits per heavy atom. The lowest BCUT2D eigenvalue weighted by molar-refractivity contribution is -0.137. The van der Waals surface area contributed by atoms with E-state index in [0.29, 0.717) is 30.6 Å². The number of nitrogens with two attached hydrogens (primary N) is 1. The monoisotopic (exact) mass is 457 g/mol. The van der Waals surface area contributed by atoms with Gasteiger partial charge in [-0.2, -0.15) is 13.2 Å². The van der Waals surface area contributed by atoms with Crippen LogP contribution in [0, 0.1) is 11.8 Å². The standard InChI is InChI=1S/C22H26F3N3S.ClH/c23-22(24,25)17-7-8-21-19(12-17)28(18-5-1-2-6-20(18)29-21)11-3-4-16-14-27-10-9-15(16)13-26;/h1-2,5-8,12,15-16,27H,3-4,9-11,13-14,26H2;1H. The molecule has 2 unspecified atom stereocenters. The van der Waals surface area contributed by atoms with Crippen LogP contribution in [0.2, 0.25) is 0 Å². The molecule has 0 aromatic heterocycles. The summed E-state index contributed by atoms with van der Waals surface area (Å²) in [5, 5.41) is 3.45. The van der Waals surface area contributed by atoms with Gasteiger partial charge in [0.1, 0.15) is 0 Å². The first kappa shape index (κ1) is 23.3. The Bertz CT molecular complexity index is 862. The van der Waals surface area contributed by atoms with Gasteiger partial charge in [0.2, 0.25) is 0 Å². The number of hydrogen-bond acceptors (Lipinski definition) is 4. The molecule has 0 aliphatic carbocycles. The lowest BCUT2D eigenvalue weighted by Crippen LogP contribution is -2.40. The second-order valence-electron chi connectivity index (χ2n) is 7.79. The van der Waals surface area contributed by atoms with Gasteiger partial charge in [-0.3, -0.25) is 0 Å². The molecule has 2 atom stereocenters. The number of rotatable bonds is 5. The highest BCUT2D eigenvalue weighted by molar-refractivity contribution is 7.99.